The number of carbonyl (C=O) groups is 1. The fourth-order valence-electron chi connectivity index (χ4n) is 2.40. The molecule has 1 aliphatic heterocycles. The molecule has 1 fully saturated rings. The van der Waals surface area contributed by atoms with Crippen molar-refractivity contribution >= 4 is 5.91 Å². The smallest absolute Gasteiger partial charge is 0.240 e. The van der Waals surface area contributed by atoms with Crippen molar-refractivity contribution in [2.75, 3.05) is 20.2 Å². The van der Waals surface area contributed by atoms with E-state index in [1.807, 2.05) is 19.9 Å². The maximum Gasteiger partial charge on any atom is 0.240 e. The number of rotatable bonds is 3. The lowest BCUT2D eigenvalue weighted by Gasteiger charge is -2.41. The molecule has 0 bridgehead atoms. The van der Waals surface area contributed by atoms with Gasteiger partial charge in [0, 0.05) is 25.2 Å². The summed E-state index contributed by atoms with van der Waals surface area (Å²) in [6, 6.07) is 7.48. The summed E-state index contributed by atoms with van der Waals surface area (Å²) in [5, 5.41) is 11.9. The molecule has 1 aromatic carbocycles. The highest BCUT2D eigenvalue weighted by Gasteiger charge is 2.37. The van der Waals surface area contributed by atoms with Gasteiger partial charge in [-0.05, 0) is 32.0 Å². The lowest BCUT2D eigenvalue weighted by molar-refractivity contribution is -0.135. The minimum Gasteiger partial charge on any atom is -0.496 e. The number of methoxy groups -OCH3 is 1. The number of nitriles is 1. The number of amides is 1. The largest absolute Gasteiger partial charge is 0.496 e. The van der Waals surface area contributed by atoms with Crippen LogP contribution in [0.25, 0.3) is 0 Å². The number of hydrogen-bond acceptors (Lipinski definition) is 4. The van der Waals surface area contributed by atoms with Gasteiger partial charge >= 0.3 is 0 Å². The van der Waals surface area contributed by atoms with Crippen LogP contribution in [0.3, 0.4) is 0 Å². The molecule has 1 aromatic rings. The van der Waals surface area contributed by atoms with Crippen LogP contribution in [-0.2, 0) is 11.3 Å². The van der Waals surface area contributed by atoms with Gasteiger partial charge in [0.15, 0.2) is 0 Å². The number of nitrogens with one attached hydrogen (secondary N) is 1. The topological polar surface area (TPSA) is 65.4 Å². The van der Waals surface area contributed by atoms with Gasteiger partial charge in [-0.2, -0.15) is 5.26 Å². The molecule has 0 unspecified atom stereocenters. The van der Waals surface area contributed by atoms with Gasteiger partial charge in [-0.1, -0.05) is 0 Å². The maximum atomic E-state index is 12.0. The molecule has 0 aromatic heterocycles. The third-order valence-corrected chi connectivity index (χ3v) is 3.78. The van der Waals surface area contributed by atoms with E-state index in [0.29, 0.717) is 18.7 Å². The number of benzene rings is 1. The van der Waals surface area contributed by atoms with E-state index in [-0.39, 0.29) is 5.91 Å². The molecule has 0 atom stereocenters. The molecule has 1 aliphatic rings. The molecule has 106 valence electrons. The van der Waals surface area contributed by atoms with Crippen LogP contribution >= 0.6 is 0 Å². The summed E-state index contributed by atoms with van der Waals surface area (Å²) in [5.74, 6) is 0.768. The molecule has 0 saturated carbocycles. The highest BCUT2D eigenvalue weighted by Crippen LogP contribution is 2.26. The Labute approximate surface area is 119 Å². The monoisotopic (exact) mass is 273 g/mol. The second kappa shape index (κ2) is 5.51. The Hall–Kier alpha value is -2.06. The first-order valence-electron chi connectivity index (χ1n) is 6.59. The molecular weight excluding hydrogens is 254 g/mol. The Balaban J connectivity index is 2.29. The summed E-state index contributed by atoms with van der Waals surface area (Å²) in [6.45, 7) is 5.81. The summed E-state index contributed by atoms with van der Waals surface area (Å²) < 4.78 is 5.34. The Morgan fingerprint density at radius 1 is 1.50 bits per heavy atom. The van der Waals surface area contributed by atoms with Gasteiger partial charge in [-0.3, -0.25) is 9.69 Å². The van der Waals surface area contributed by atoms with Crippen molar-refractivity contribution in [3.05, 3.63) is 29.3 Å². The van der Waals surface area contributed by atoms with Crippen LogP contribution in [0.15, 0.2) is 18.2 Å². The number of ether oxygens (including phenoxy) is 1. The van der Waals surface area contributed by atoms with Gasteiger partial charge in [0.1, 0.15) is 5.75 Å². The summed E-state index contributed by atoms with van der Waals surface area (Å²) in [4.78, 5) is 14.1. The van der Waals surface area contributed by atoms with Crippen molar-refractivity contribution in [2.24, 2.45) is 0 Å². The Morgan fingerprint density at radius 2 is 2.25 bits per heavy atom. The molecule has 5 heteroatoms. The molecule has 0 radical (unpaired) electrons. The summed E-state index contributed by atoms with van der Waals surface area (Å²) in [6.07, 6.45) is 0. The zero-order valence-corrected chi connectivity index (χ0v) is 12.1. The Morgan fingerprint density at radius 3 is 2.90 bits per heavy atom. The first-order valence-corrected chi connectivity index (χ1v) is 6.59. The average molecular weight is 273 g/mol. The summed E-state index contributed by atoms with van der Waals surface area (Å²) >= 11 is 0. The molecule has 1 heterocycles. The van der Waals surface area contributed by atoms with E-state index in [2.05, 4.69) is 16.3 Å². The molecule has 1 amide bonds. The van der Waals surface area contributed by atoms with Crippen molar-refractivity contribution < 1.29 is 9.53 Å². The predicted octanol–water partition coefficient (Wildman–Crippen LogP) is 1.28. The quantitative estimate of drug-likeness (QED) is 0.901. The predicted molar refractivity (Wildman–Crippen MR) is 75.2 cm³/mol. The van der Waals surface area contributed by atoms with Crippen molar-refractivity contribution in [1.82, 2.24) is 10.2 Å². The van der Waals surface area contributed by atoms with Gasteiger partial charge in [0.25, 0.3) is 0 Å². The van der Waals surface area contributed by atoms with E-state index >= 15 is 0 Å². The molecule has 0 spiro atoms. The van der Waals surface area contributed by atoms with Crippen LogP contribution in [0.2, 0.25) is 0 Å². The minimum atomic E-state index is -0.564. The van der Waals surface area contributed by atoms with E-state index in [1.54, 1.807) is 19.2 Å². The third-order valence-electron chi connectivity index (χ3n) is 3.78. The number of nitrogens with zero attached hydrogens (tertiary/aromatic N) is 2. The van der Waals surface area contributed by atoms with Crippen LogP contribution in [-0.4, -0.2) is 36.5 Å². The van der Waals surface area contributed by atoms with Crippen molar-refractivity contribution in [2.45, 2.75) is 25.9 Å². The number of hydrogen-bond donors (Lipinski definition) is 1. The van der Waals surface area contributed by atoms with Crippen molar-refractivity contribution in [1.29, 1.82) is 5.26 Å². The Bertz CT molecular complexity index is 561. The summed E-state index contributed by atoms with van der Waals surface area (Å²) in [5.41, 5.74) is 0.959. The van der Waals surface area contributed by atoms with E-state index in [9.17, 15) is 4.79 Å². The van der Waals surface area contributed by atoms with E-state index in [1.165, 1.54) is 0 Å². The molecule has 0 aliphatic carbocycles. The normalized spacial score (nSPS) is 18.2. The zero-order valence-electron chi connectivity index (χ0n) is 12.1. The first kappa shape index (κ1) is 14.4. The minimum absolute atomic E-state index is 0.0270. The highest BCUT2D eigenvalue weighted by atomic mass is 16.5. The van der Waals surface area contributed by atoms with E-state index in [0.717, 1.165) is 17.9 Å². The molecule has 20 heavy (non-hydrogen) atoms. The van der Waals surface area contributed by atoms with Gasteiger partial charge in [-0.25, -0.2) is 0 Å². The fraction of sp³-hybridized carbons (Fsp3) is 0.467. The van der Waals surface area contributed by atoms with Crippen LogP contribution in [0.1, 0.15) is 25.0 Å². The fourth-order valence-corrected chi connectivity index (χ4v) is 2.40. The Kier molecular flexibility index (Phi) is 3.96. The van der Waals surface area contributed by atoms with Gasteiger partial charge < -0.3 is 10.1 Å². The van der Waals surface area contributed by atoms with Crippen LogP contribution < -0.4 is 10.1 Å². The third kappa shape index (κ3) is 2.61. The van der Waals surface area contributed by atoms with Crippen molar-refractivity contribution in [3.8, 4) is 11.8 Å². The standard InChI is InChI=1S/C15H19N3O2/c1-15(2)14(19)17-6-7-18(15)10-12-8-11(9-16)4-5-13(12)20-3/h4-5,8H,6-7,10H2,1-3H3,(H,17,19). The molecule has 1 N–H and O–H groups in total. The maximum absolute atomic E-state index is 12.0. The number of piperazine rings is 1. The van der Waals surface area contributed by atoms with Gasteiger partial charge in [-0.15, -0.1) is 0 Å². The molecule has 2 rings (SSSR count). The van der Waals surface area contributed by atoms with Crippen molar-refractivity contribution in [3.63, 3.8) is 0 Å². The van der Waals surface area contributed by atoms with E-state index < -0.39 is 5.54 Å². The SMILES string of the molecule is COc1ccc(C#N)cc1CN1CCNC(=O)C1(C)C. The number of carbonyl (C=O) groups excluding carboxylic acids is 1. The van der Waals surface area contributed by atoms with Gasteiger partial charge in [0.2, 0.25) is 5.91 Å². The van der Waals surface area contributed by atoms with Crippen LogP contribution in [0.4, 0.5) is 0 Å². The average Bonchev–Trinajstić information content (AvgIpc) is 2.44. The molecule has 5 nitrogen and oxygen atoms in total. The second-order valence-electron chi connectivity index (χ2n) is 5.37. The summed E-state index contributed by atoms with van der Waals surface area (Å²) in [7, 11) is 1.61. The first-order chi connectivity index (χ1) is 9.48. The van der Waals surface area contributed by atoms with Crippen LogP contribution in [0.5, 0.6) is 5.75 Å². The van der Waals surface area contributed by atoms with E-state index in [4.69, 9.17) is 10.00 Å². The molecular formula is C15H19N3O2. The van der Waals surface area contributed by atoms with Crippen LogP contribution in [0, 0.1) is 11.3 Å². The lowest BCUT2D eigenvalue weighted by atomic mass is 9.97. The molecule has 1 saturated heterocycles. The lowest BCUT2D eigenvalue weighted by Crippen LogP contribution is -2.61. The zero-order chi connectivity index (χ0) is 14.8. The highest BCUT2D eigenvalue weighted by molar-refractivity contribution is 5.86. The van der Waals surface area contributed by atoms with Gasteiger partial charge in [0.05, 0.1) is 24.3 Å². The second-order valence-corrected chi connectivity index (χ2v) is 5.37.